The normalized spacial score (nSPS) is 13.6. The first-order valence-electron chi connectivity index (χ1n) is 7.62. The van der Waals surface area contributed by atoms with Gasteiger partial charge in [0, 0.05) is 5.69 Å². The molecular weight excluding hydrogens is 360 g/mol. The van der Waals surface area contributed by atoms with Gasteiger partial charge in [0.15, 0.2) is 6.61 Å². The molecule has 0 saturated carbocycles. The predicted octanol–water partition coefficient (Wildman–Crippen LogP) is 1.39. The maximum Gasteiger partial charge on any atom is 0.325 e. The summed E-state index contributed by atoms with van der Waals surface area (Å²) in [5.74, 6) is -0.775. The van der Waals surface area contributed by atoms with Gasteiger partial charge in [-0.15, -0.1) is 0 Å². The average Bonchev–Trinajstić information content (AvgIpc) is 2.64. The quantitative estimate of drug-likeness (QED) is 0.791. The van der Waals surface area contributed by atoms with Crippen LogP contribution in [0.1, 0.15) is 0 Å². The number of hydrogen-bond acceptors (Lipinski definition) is 6. The molecule has 3 rings (SSSR count). The molecule has 0 spiro atoms. The highest BCUT2D eigenvalue weighted by Gasteiger charge is 2.29. The van der Waals surface area contributed by atoms with Crippen LogP contribution in [0.2, 0.25) is 0 Å². The highest BCUT2D eigenvalue weighted by molar-refractivity contribution is 7.92. The van der Waals surface area contributed by atoms with E-state index < -0.39 is 21.9 Å². The Bertz CT molecular complexity index is 943. The van der Waals surface area contributed by atoms with Crippen LogP contribution >= 0.6 is 0 Å². The largest absolute Gasteiger partial charge is 0.482 e. The van der Waals surface area contributed by atoms with Crippen molar-refractivity contribution in [1.29, 1.82) is 0 Å². The lowest BCUT2D eigenvalue weighted by molar-refractivity contribution is -0.140. The van der Waals surface area contributed by atoms with Crippen LogP contribution in [0.5, 0.6) is 5.75 Å². The van der Waals surface area contributed by atoms with E-state index in [1.807, 2.05) is 0 Å². The number of carbonyl (C=O) groups excluding carboxylic acids is 2. The summed E-state index contributed by atoms with van der Waals surface area (Å²) in [6.07, 6.45) is 0. The summed E-state index contributed by atoms with van der Waals surface area (Å²) in [7, 11) is -2.67. The van der Waals surface area contributed by atoms with Crippen LogP contribution in [0.25, 0.3) is 0 Å². The van der Waals surface area contributed by atoms with Gasteiger partial charge in [0.2, 0.25) is 0 Å². The van der Waals surface area contributed by atoms with E-state index in [0.717, 1.165) is 4.90 Å². The second-order valence-electron chi connectivity index (χ2n) is 5.45. The van der Waals surface area contributed by atoms with E-state index in [1.54, 1.807) is 30.3 Å². The van der Waals surface area contributed by atoms with E-state index in [4.69, 9.17) is 4.74 Å². The lowest BCUT2D eigenvalue weighted by atomic mass is 10.2. The number of hydrogen-bond donors (Lipinski definition) is 1. The zero-order chi connectivity index (χ0) is 18.7. The molecule has 2 aromatic rings. The second kappa shape index (κ2) is 7.04. The molecule has 1 aliphatic rings. The van der Waals surface area contributed by atoms with Crippen LogP contribution in [-0.4, -0.2) is 40.6 Å². The minimum atomic E-state index is -3.88. The standard InChI is InChI=1S/C17H16N2O6S/c1-24-17(21)10-19-14-9-13(7-8-15(14)25-11-16(19)20)26(22,23)18-12-5-3-2-4-6-12/h2-9,18H,10-11H2,1H3. The van der Waals surface area contributed by atoms with Crippen molar-refractivity contribution in [3.05, 3.63) is 48.5 Å². The number of ether oxygens (including phenoxy) is 2. The van der Waals surface area contributed by atoms with Crippen molar-refractivity contribution in [2.75, 3.05) is 29.9 Å². The fourth-order valence-electron chi connectivity index (χ4n) is 2.44. The SMILES string of the molecule is COC(=O)CN1C(=O)COc2ccc(S(=O)(=O)Nc3ccccc3)cc21. The molecule has 0 fully saturated rings. The Labute approximate surface area is 150 Å². The number of para-hydroxylation sites is 1. The Balaban J connectivity index is 1.96. The van der Waals surface area contributed by atoms with Crippen molar-refractivity contribution in [1.82, 2.24) is 0 Å². The zero-order valence-corrected chi connectivity index (χ0v) is 14.7. The van der Waals surface area contributed by atoms with Crippen LogP contribution in [0, 0.1) is 0 Å². The minimum absolute atomic E-state index is 0.0618. The summed E-state index contributed by atoms with van der Waals surface area (Å²) in [5.41, 5.74) is 0.603. The third kappa shape index (κ3) is 3.62. The van der Waals surface area contributed by atoms with Crippen molar-refractivity contribution in [3.8, 4) is 5.75 Å². The van der Waals surface area contributed by atoms with Gasteiger partial charge in [-0.2, -0.15) is 0 Å². The topological polar surface area (TPSA) is 102 Å². The summed E-state index contributed by atoms with van der Waals surface area (Å²) < 4.78 is 37.6. The number of fused-ring (bicyclic) bond motifs is 1. The van der Waals surface area contributed by atoms with Gasteiger partial charge < -0.3 is 9.47 Å². The van der Waals surface area contributed by atoms with Gasteiger partial charge in [-0.25, -0.2) is 8.42 Å². The number of amides is 1. The number of rotatable bonds is 5. The number of esters is 1. The number of sulfonamides is 1. The van der Waals surface area contributed by atoms with E-state index in [9.17, 15) is 18.0 Å². The number of benzene rings is 2. The Morgan fingerprint density at radius 3 is 2.65 bits per heavy atom. The van der Waals surface area contributed by atoms with Crippen molar-refractivity contribution in [2.24, 2.45) is 0 Å². The molecule has 0 unspecified atom stereocenters. The van der Waals surface area contributed by atoms with Gasteiger partial charge in [0.25, 0.3) is 15.9 Å². The van der Waals surface area contributed by atoms with Gasteiger partial charge in [0.1, 0.15) is 12.3 Å². The number of carbonyl (C=O) groups is 2. The lowest BCUT2D eigenvalue weighted by Gasteiger charge is -2.28. The third-order valence-electron chi connectivity index (χ3n) is 3.72. The molecule has 2 aromatic carbocycles. The first kappa shape index (κ1) is 17.7. The molecule has 0 aliphatic carbocycles. The molecule has 26 heavy (non-hydrogen) atoms. The highest BCUT2D eigenvalue weighted by Crippen LogP contribution is 2.34. The monoisotopic (exact) mass is 376 g/mol. The summed E-state index contributed by atoms with van der Waals surface area (Å²) in [6, 6.07) is 12.5. The van der Waals surface area contributed by atoms with Crippen LogP contribution in [0.4, 0.5) is 11.4 Å². The first-order valence-corrected chi connectivity index (χ1v) is 9.11. The molecule has 9 heteroatoms. The summed E-state index contributed by atoms with van der Waals surface area (Å²) in [6.45, 7) is -0.570. The molecule has 0 atom stereocenters. The van der Waals surface area contributed by atoms with Gasteiger partial charge in [0.05, 0.1) is 17.7 Å². The maximum atomic E-state index is 12.6. The number of anilines is 2. The predicted molar refractivity (Wildman–Crippen MR) is 93.6 cm³/mol. The molecule has 1 aliphatic heterocycles. The van der Waals surface area contributed by atoms with E-state index in [2.05, 4.69) is 9.46 Å². The molecule has 136 valence electrons. The number of nitrogens with zero attached hydrogens (tertiary/aromatic N) is 1. The summed E-state index contributed by atoms with van der Waals surface area (Å²) >= 11 is 0. The zero-order valence-electron chi connectivity index (χ0n) is 13.8. The van der Waals surface area contributed by atoms with E-state index in [1.165, 1.54) is 25.3 Å². The van der Waals surface area contributed by atoms with Gasteiger partial charge in [-0.3, -0.25) is 19.2 Å². The smallest absolute Gasteiger partial charge is 0.325 e. The average molecular weight is 376 g/mol. The van der Waals surface area contributed by atoms with Crippen molar-refractivity contribution in [2.45, 2.75) is 4.90 Å². The van der Waals surface area contributed by atoms with E-state index in [-0.39, 0.29) is 23.7 Å². The van der Waals surface area contributed by atoms with E-state index >= 15 is 0 Å². The fraction of sp³-hybridized carbons (Fsp3) is 0.176. The summed E-state index contributed by atoms with van der Waals surface area (Å²) in [4.78, 5) is 24.7. The van der Waals surface area contributed by atoms with Crippen LogP contribution in [-0.2, 0) is 24.3 Å². The van der Waals surface area contributed by atoms with Gasteiger partial charge >= 0.3 is 5.97 Å². The van der Waals surface area contributed by atoms with Crippen LogP contribution in [0.15, 0.2) is 53.4 Å². The Kier molecular flexibility index (Phi) is 4.81. The Morgan fingerprint density at radius 1 is 1.23 bits per heavy atom. The lowest BCUT2D eigenvalue weighted by Crippen LogP contribution is -2.42. The first-order chi connectivity index (χ1) is 12.4. The molecule has 0 bridgehead atoms. The molecule has 8 nitrogen and oxygen atoms in total. The van der Waals surface area contributed by atoms with Crippen molar-refractivity contribution >= 4 is 33.3 Å². The third-order valence-corrected chi connectivity index (χ3v) is 5.10. The summed E-state index contributed by atoms with van der Waals surface area (Å²) in [5, 5.41) is 0. The molecule has 1 amide bonds. The Morgan fingerprint density at radius 2 is 1.96 bits per heavy atom. The number of nitrogens with one attached hydrogen (secondary N) is 1. The molecule has 1 N–H and O–H groups in total. The maximum absolute atomic E-state index is 12.6. The minimum Gasteiger partial charge on any atom is -0.482 e. The van der Waals surface area contributed by atoms with Crippen molar-refractivity contribution < 1.29 is 27.5 Å². The van der Waals surface area contributed by atoms with Gasteiger partial charge in [-0.1, -0.05) is 18.2 Å². The molecule has 0 radical (unpaired) electrons. The molecule has 1 heterocycles. The van der Waals surface area contributed by atoms with Gasteiger partial charge in [-0.05, 0) is 30.3 Å². The van der Waals surface area contributed by atoms with Crippen molar-refractivity contribution in [3.63, 3.8) is 0 Å². The molecule has 0 saturated heterocycles. The number of methoxy groups -OCH3 is 1. The van der Waals surface area contributed by atoms with E-state index in [0.29, 0.717) is 11.4 Å². The van der Waals surface area contributed by atoms with Crippen LogP contribution in [0.3, 0.4) is 0 Å². The second-order valence-corrected chi connectivity index (χ2v) is 7.13. The molecule has 0 aromatic heterocycles. The highest BCUT2D eigenvalue weighted by atomic mass is 32.2. The Hall–Kier alpha value is -3.07. The van der Waals surface area contributed by atoms with Crippen LogP contribution < -0.4 is 14.4 Å². The fourth-order valence-corrected chi connectivity index (χ4v) is 3.51. The molecular formula is C17H16N2O6S.